The third-order valence-electron chi connectivity index (χ3n) is 2.62. The number of carboxylic acid groups (broad SMARTS) is 1. The molecule has 108 valence electrons. The molecule has 2 aromatic heterocycles. The molecule has 0 aromatic carbocycles. The van der Waals surface area contributed by atoms with Crippen molar-refractivity contribution in [2.45, 2.75) is 12.1 Å². The highest BCUT2D eigenvalue weighted by atomic mass is 16.6. The van der Waals surface area contributed by atoms with E-state index in [4.69, 9.17) is 16.6 Å². The highest BCUT2D eigenvalue weighted by Crippen LogP contribution is 2.38. The third kappa shape index (κ3) is 1.96. The van der Waals surface area contributed by atoms with Gasteiger partial charge in [0.1, 0.15) is 0 Å². The lowest BCUT2D eigenvalue weighted by Crippen LogP contribution is -2.25. The van der Waals surface area contributed by atoms with Crippen molar-refractivity contribution in [1.82, 2.24) is 20.6 Å². The Kier molecular flexibility index (Phi) is 2.60. The highest BCUT2D eigenvalue weighted by Gasteiger charge is 2.44. The fourth-order valence-corrected chi connectivity index (χ4v) is 1.74. The largest absolute Gasteiger partial charge is 0.481 e. The second-order valence-corrected chi connectivity index (χ2v) is 4.02. The van der Waals surface area contributed by atoms with Gasteiger partial charge in [0.05, 0.1) is 6.42 Å². The summed E-state index contributed by atoms with van der Waals surface area (Å²) >= 11 is 0. The van der Waals surface area contributed by atoms with Crippen molar-refractivity contribution in [2.24, 2.45) is 15.2 Å². The van der Waals surface area contributed by atoms with E-state index >= 15 is 0 Å². The molecular formula is C8H7N9O4. The smallest absolute Gasteiger partial charge is 0.308 e. The summed E-state index contributed by atoms with van der Waals surface area (Å²) in [4.78, 5) is 15.1. The molecule has 0 bridgehead atoms. The van der Waals surface area contributed by atoms with Gasteiger partial charge in [-0.25, -0.2) is 14.3 Å². The van der Waals surface area contributed by atoms with Gasteiger partial charge in [0.25, 0.3) is 0 Å². The van der Waals surface area contributed by atoms with Gasteiger partial charge in [-0.3, -0.25) is 4.79 Å². The van der Waals surface area contributed by atoms with Crippen LogP contribution in [0.5, 0.6) is 0 Å². The lowest BCUT2D eigenvalue weighted by atomic mass is 10.0. The third-order valence-corrected chi connectivity index (χ3v) is 2.62. The second kappa shape index (κ2) is 4.32. The highest BCUT2D eigenvalue weighted by molar-refractivity contribution is 6.02. The molecule has 0 amide bonds. The van der Waals surface area contributed by atoms with E-state index in [-0.39, 0.29) is 28.9 Å². The van der Waals surface area contributed by atoms with Crippen molar-refractivity contribution in [2.75, 3.05) is 11.5 Å². The number of nitrogens with zero attached hydrogens (tertiary/aromatic N) is 7. The maximum atomic E-state index is 11.1. The number of nitrogens with two attached hydrogens (primary N) is 2. The van der Waals surface area contributed by atoms with Crippen LogP contribution in [0.3, 0.4) is 0 Å². The first-order valence-corrected chi connectivity index (χ1v) is 5.43. The molecule has 21 heavy (non-hydrogen) atoms. The van der Waals surface area contributed by atoms with Crippen LogP contribution in [0.1, 0.15) is 17.8 Å². The number of hydrogen-bond donors (Lipinski definition) is 3. The fourth-order valence-electron chi connectivity index (χ4n) is 1.74. The molecule has 2 aromatic rings. The molecule has 0 saturated heterocycles. The summed E-state index contributed by atoms with van der Waals surface area (Å²) in [6.45, 7) is 0. The topological polar surface area (TPSA) is 204 Å². The molecule has 0 aliphatic carbocycles. The minimum Gasteiger partial charge on any atom is -0.481 e. The number of aromatic nitrogens is 4. The summed E-state index contributed by atoms with van der Waals surface area (Å²) in [7, 11) is 0. The van der Waals surface area contributed by atoms with Crippen LogP contribution in [-0.2, 0) is 10.5 Å². The van der Waals surface area contributed by atoms with Crippen molar-refractivity contribution in [1.29, 1.82) is 0 Å². The number of nitrogen functional groups attached to an aromatic ring is 2. The van der Waals surface area contributed by atoms with Gasteiger partial charge in [0.2, 0.25) is 11.5 Å². The van der Waals surface area contributed by atoms with Crippen molar-refractivity contribution in [3.05, 3.63) is 11.4 Å². The molecule has 3 rings (SSSR count). The van der Waals surface area contributed by atoms with E-state index in [1.165, 1.54) is 0 Å². The monoisotopic (exact) mass is 293 g/mol. The van der Waals surface area contributed by atoms with E-state index < -0.39 is 18.1 Å². The Morgan fingerprint density at radius 3 is 2.43 bits per heavy atom. The van der Waals surface area contributed by atoms with Crippen LogP contribution in [0.25, 0.3) is 0 Å². The van der Waals surface area contributed by atoms with Crippen LogP contribution in [0, 0.1) is 0 Å². The Morgan fingerprint density at radius 1 is 1.14 bits per heavy atom. The molecule has 5 N–H and O–H groups in total. The van der Waals surface area contributed by atoms with Crippen LogP contribution in [-0.4, -0.2) is 37.5 Å². The quantitative estimate of drug-likeness (QED) is 0.636. The Balaban J connectivity index is 2.10. The van der Waals surface area contributed by atoms with Crippen LogP contribution in [0.2, 0.25) is 0 Å². The number of amidine groups is 1. The summed E-state index contributed by atoms with van der Waals surface area (Å²) in [5.41, 5.74) is 9.35. The summed E-state index contributed by atoms with van der Waals surface area (Å²) < 4.78 is 8.88. The molecule has 13 heteroatoms. The summed E-state index contributed by atoms with van der Waals surface area (Å²) in [6.07, 6.45) is -0.566. The molecule has 13 nitrogen and oxygen atoms in total. The van der Waals surface area contributed by atoms with Gasteiger partial charge < -0.3 is 16.6 Å². The average Bonchev–Trinajstić information content (AvgIpc) is 3.09. The number of carboxylic acids is 1. The first-order chi connectivity index (χ1) is 10.0. The molecular weight excluding hydrogens is 286 g/mol. The first-order valence-electron chi connectivity index (χ1n) is 5.43. The van der Waals surface area contributed by atoms with Crippen molar-refractivity contribution in [3.8, 4) is 0 Å². The predicted octanol–water partition coefficient (Wildman–Crippen LogP) is -0.843. The summed E-state index contributed by atoms with van der Waals surface area (Å²) in [5, 5.41) is 30.4. The number of azo groups is 1. The molecule has 0 radical (unpaired) electrons. The first kappa shape index (κ1) is 12.6. The van der Waals surface area contributed by atoms with Crippen molar-refractivity contribution in [3.63, 3.8) is 0 Å². The van der Waals surface area contributed by atoms with E-state index in [1.807, 2.05) is 0 Å². The maximum Gasteiger partial charge on any atom is 0.308 e. The van der Waals surface area contributed by atoms with Gasteiger partial charge in [-0.05, 0) is 20.6 Å². The number of carbonyl (C=O) groups is 1. The molecule has 1 aliphatic heterocycles. The maximum absolute atomic E-state index is 11.1. The van der Waals surface area contributed by atoms with Gasteiger partial charge in [-0.1, -0.05) is 0 Å². The molecule has 1 atom stereocenters. The zero-order valence-corrected chi connectivity index (χ0v) is 10.2. The van der Waals surface area contributed by atoms with Gasteiger partial charge in [-0.2, -0.15) is 0 Å². The minimum absolute atomic E-state index is 0.0287. The average molecular weight is 293 g/mol. The van der Waals surface area contributed by atoms with E-state index in [2.05, 4.69) is 45.1 Å². The van der Waals surface area contributed by atoms with Gasteiger partial charge in [-0.15, -0.1) is 10.2 Å². The van der Waals surface area contributed by atoms with Gasteiger partial charge in [0.15, 0.2) is 23.0 Å². The zero-order chi connectivity index (χ0) is 15.0. The SMILES string of the molecule is Nc1nonc1C1=NC(CC(=O)O)(c2nonc2N)N=N1. The van der Waals surface area contributed by atoms with E-state index in [9.17, 15) is 4.79 Å². The Hall–Kier alpha value is -3.38. The van der Waals surface area contributed by atoms with E-state index in [1.54, 1.807) is 0 Å². The minimum atomic E-state index is -1.70. The summed E-state index contributed by atoms with van der Waals surface area (Å²) in [6, 6.07) is 0. The van der Waals surface area contributed by atoms with Gasteiger partial charge in [0, 0.05) is 0 Å². The predicted molar refractivity (Wildman–Crippen MR) is 62.7 cm³/mol. The molecule has 3 heterocycles. The number of anilines is 2. The Labute approximate surface area is 114 Å². The molecule has 1 aliphatic rings. The summed E-state index contributed by atoms with van der Waals surface area (Å²) in [5.74, 6) is -1.47. The number of aliphatic carboxylic acids is 1. The van der Waals surface area contributed by atoms with Gasteiger partial charge >= 0.3 is 5.97 Å². The lowest BCUT2D eigenvalue weighted by Gasteiger charge is -2.15. The normalized spacial score (nSPS) is 20.7. The van der Waals surface area contributed by atoms with Crippen molar-refractivity contribution < 1.29 is 19.2 Å². The molecule has 0 fully saturated rings. The molecule has 1 unspecified atom stereocenters. The standard InChI is InChI=1S/C8H7N9O4/c9-5-3(13-20-15-5)7-11-8(17-12-7,1-2(18)19)4-6(10)16-21-14-4/h1H2,(H2,9,15)(H2,10,16)(H,18,19). The zero-order valence-electron chi connectivity index (χ0n) is 10.2. The fraction of sp³-hybridized carbons (Fsp3) is 0.250. The van der Waals surface area contributed by atoms with Crippen molar-refractivity contribution >= 4 is 23.4 Å². The van der Waals surface area contributed by atoms with E-state index in [0.29, 0.717) is 0 Å². The Bertz CT molecular complexity index is 761. The number of hydrogen-bond acceptors (Lipinski definition) is 12. The van der Waals surface area contributed by atoms with E-state index in [0.717, 1.165) is 0 Å². The second-order valence-electron chi connectivity index (χ2n) is 4.02. The van der Waals surface area contributed by atoms with Crippen LogP contribution < -0.4 is 11.5 Å². The Morgan fingerprint density at radius 2 is 1.86 bits per heavy atom. The molecule has 0 spiro atoms. The molecule has 0 saturated carbocycles. The van der Waals surface area contributed by atoms with Crippen LogP contribution in [0.4, 0.5) is 11.6 Å². The number of aliphatic imine (C=N–C) groups is 1. The number of rotatable bonds is 4. The lowest BCUT2D eigenvalue weighted by molar-refractivity contribution is -0.138. The van der Waals surface area contributed by atoms with Crippen LogP contribution in [0.15, 0.2) is 24.5 Å². The van der Waals surface area contributed by atoms with Crippen LogP contribution >= 0.6 is 0 Å².